The van der Waals surface area contributed by atoms with Crippen molar-refractivity contribution in [3.8, 4) is 0 Å². The highest BCUT2D eigenvalue weighted by molar-refractivity contribution is 8.26. The highest BCUT2D eigenvalue weighted by Gasteiger charge is 2.32. The average Bonchev–Trinajstić information content (AvgIpc) is 3.06. The van der Waals surface area contributed by atoms with Crippen LogP contribution in [0.25, 0.3) is 11.7 Å². The van der Waals surface area contributed by atoms with Gasteiger partial charge in [-0.3, -0.25) is 18.9 Å². The van der Waals surface area contributed by atoms with Crippen LogP contribution in [-0.2, 0) is 14.3 Å². The normalized spacial score (nSPS) is 18.4. The Bertz CT molecular complexity index is 1120. The Morgan fingerprint density at radius 3 is 2.81 bits per heavy atom. The summed E-state index contributed by atoms with van der Waals surface area (Å²) in [5, 5.41) is 0. The van der Waals surface area contributed by atoms with Crippen molar-refractivity contribution in [2.75, 3.05) is 51.0 Å². The van der Waals surface area contributed by atoms with Gasteiger partial charge in [0.15, 0.2) is 0 Å². The number of morpholine rings is 1. The number of rotatable bonds is 7. The highest BCUT2D eigenvalue weighted by Crippen LogP contribution is 2.33. The second-order valence-corrected chi connectivity index (χ2v) is 9.25. The molecular formula is C22H26N4O4S2. The van der Waals surface area contributed by atoms with E-state index in [1.165, 1.54) is 16.2 Å². The molecule has 2 aliphatic heterocycles. The van der Waals surface area contributed by atoms with Crippen LogP contribution >= 0.6 is 24.0 Å². The fourth-order valence-corrected chi connectivity index (χ4v) is 4.97. The molecule has 0 aliphatic carbocycles. The molecule has 0 spiro atoms. The monoisotopic (exact) mass is 474 g/mol. The maximum atomic E-state index is 13.5. The van der Waals surface area contributed by atoms with Gasteiger partial charge >= 0.3 is 0 Å². The summed E-state index contributed by atoms with van der Waals surface area (Å²) in [4.78, 5) is 35.4. The van der Waals surface area contributed by atoms with Gasteiger partial charge in [-0.15, -0.1) is 0 Å². The number of thiocarbonyl (C=S) groups is 1. The van der Waals surface area contributed by atoms with E-state index in [0.717, 1.165) is 5.56 Å². The number of thioether (sulfide) groups is 1. The number of carbonyl (C=O) groups excluding carboxylic acids is 1. The summed E-state index contributed by atoms with van der Waals surface area (Å²) in [5.74, 6) is 0.391. The number of nitrogens with zero attached hydrogens (tertiary/aromatic N) is 4. The van der Waals surface area contributed by atoms with Crippen LogP contribution in [-0.4, -0.2) is 70.6 Å². The molecule has 10 heteroatoms. The maximum absolute atomic E-state index is 13.5. The molecule has 4 heterocycles. The van der Waals surface area contributed by atoms with Gasteiger partial charge in [0.05, 0.1) is 23.7 Å². The van der Waals surface area contributed by atoms with Gasteiger partial charge in [0, 0.05) is 39.0 Å². The molecule has 170 valence electrons. The van der Waals surface area contributed by atoms with E-state index in [4.69, 9.17) is 26.7 Å². The quantitative estimate of drug-likeness (QED) is 0.344. The summed E-state index contributed by atoms with van der Waals surface area (Å²) in [7, 11) is 0. The number of carbonyl (C=O) groups is 1. The molecule has 0 atom stereocenters. The van der Waals surface area contributed by atoms with Crippen LogP contribution in [0.5, 0.6) is 0 Å². The zero-order valence-corrected chi connectivity index (χ0v) is 19.8. The number of pyridine rings is 1. The van der Waals surface area contributed by atoms with Crippen molar-refractivity contribution in [1.82, 2.24) is 14.3 Å². The predicted octanol–water partition coefficient (Wildman–Crippen LogP) is 2.47. The minimum absolute atomic E-state index is 0.182. The van der Waals surface area contributed by atoms with Crippen LogP contribution in [0.4, 0.5) is 5.82 Å². The third-order valence-electron chi connectivity index (χ3n) is 5.32. The minimum atomic E-state index is -0.207. The van der Waals surface area contributed by atoms with E-state index >= 15 is 0 Å². The minimum Gasteiger partial charge on any atom is -0.382 e. The van der Waals surface area contributed by atoms with E-state index in [1.54, 1.807) is 17.2 Å². The first-order chi connectivity index (χ1) is 15.5. The molecule has 2 aromatic rings. The molecule has 2 aromatic heterocycles. The SMILES string of the molecule is CCOCCCN1C(=O)C(=Cc2c(N3CCOCC3)nc3ccc(C)cn3c2=O)SC1=S. The van der Waals surface area contributed by atoms with Crippen LogP contribution in [0.15, 0.2) is 28.0 Å². The summed E-state index contributed by atoms with van der Waals surface area (Å²) in [6, 6.07) is 3.76. The van der Waals surface area contributed by atoms with Gasteiger partial charge in [-0.25, -0.2) is 4.98 Å². The van der Waals surface area contributed by atoms with Crippen LogP contribution in [0.1, 0.15) is 24.5 Å². The lowest BCUT2D eigenvalue weighted by Gasteiger charge is -2.29. The van der Waals surface area contributed by atoms with Gasteiger partial charge < -0.3 is 14.4 Å². The van der Waals surface area contributed by atoms with E-state index in [2.05, 4.69) is 0 Å². The number of fused-ring (bicyclic) bond motifs is 1. The second-order valence-electron chi connectivity index (χ2n) is 7.57. The summed E-state index contributed by atoms with van der Waals surface area (Å²) in [5.41, 5.74) is 1.71. The zero-order chi connectivity index (χ0) is 22.7. The lowest BCUT2D eigenvalue weighted by atomic mass is 10.2. The van der Waals surface area contributed by atoms with Gasteiger partial charge in [-0.1, -0.05) is 30.0 Å². The van der Waals surface area contributed by atoms with Crippen molar-refractivity contribution < 1.29 is 14.3 Å². The molecule has 2 fully saturated rings. The highest BCUT2D eigenvalue weighted by atomic mass is 32.2. The maximum Gasteiger partial charge on any atom is 0.267 e. The smallest absolute Gasteiger partial charge is 0.267 e. The topological polar surface area (TPSA) is 76.4 Å². The summed E-state index contributed by atoms with van der Waals surface area (Å²) < 4.78 is 12.9. The Balaban J connectivity index is 1.73. The number of aromatic nitrogens is 2. The Kier molecular flexibility index (Phi) is 7.24. The van der Waals surface area contributed by atoms with E-state index in [9.17, 15) is 9.59 Å². The van der Waals surface area contributed by atoms with Crippen molar-refractivity contribution >= 4 is 51.7 Å². The van der Waals surface area contributed by atoms with Crippen molar-refractivity contribution in [3.05, 3.63) is 44.7 Å². The third kappa shape index (κ3) is 4.73. The summed E-state index contributed by atoms with van der Waals surface area (Å²) >= 11 is 6.66. The van der Waals surface area contributed by atoms with Crippen LogP contribution in [0.3, 0.4) is 0 Å². The average molecular weight is 475 g/mol. The molecule has 4 rings (SSSR count). The summed E-state index contributed by atoms with van der Waals surface area (Å²) in [6.07, 6.45) is 4.12. The Morgan fingerprint density at radius 1 is 1.28 bits per heavy atom. The number of amides is 1. The summed E-state index contributed by atoms with van der Waals surface area (Å²) in [6.45, 7) is 7.96. The fraction of sp³-hybridized carbons (Fsp3) is 0.455. The first-order valence-corrected chi connectivity index (χ1v) is 11.9. The second kappa shape index (κ2) is 10.1. The molecule has 0 unspecified atom stereocenters. The molecule has 0 saturated carbocycles. The van der Waals surface area contributed by atoms with Crippen LogP contribution < -0.4 is 10.5 Å². The number of hydrogen-bond acceptors (Lipinski definition) is 8. The number of aryl methyl sites for hydroxylation is 1. The van der Waals surface area contributed by atoms with Crippen molar-refractivity contribution in [1.29, 1.82) is 0 Å². The van der Waals surface area contributed by atoms with Gasteiger partial charge in [0.25, 0.3) is 11.5 Å². The Labute approximate surface area is 196 Å². The number of hydrogen-bond donors (Lipinski definition) is 0. The lowest BCUT2D eigenvalue weighted by molar-refractivity contribution is -0.122. The first-order valence-electron chi connectivity index (χ1n) is 10.7. The van der Waals surface area contributed by atoms with Gasteiger partial charge in [-0.2, -0.15) is 0 Å². The zero-order valence-electron chi connectivity index (χ0n) is 18.2. The molecule has 2 aliphatic rings. The van der Waals surface area contributed by atoms with E-state index in [1.807, 2.05) is 30.9 Å². The van der Waals surface area contributed by atoms with Gasteiger partial charge in [0.1, 0.15) is 15.8 Å². The van der Waals surface area contributed by atoms with E-state index < -0.39 is 0 Å². The van der Waals surface area contributed by atoms with Crippen LogP contribution in [0.2, 0.25) is 0 Å². The van der Waals surface area contributed by atoms with Crippen LogP contribution in [0, 0.1) is 6.92 Å². The largest absolute Gasteiger partial charge is 0.382 e. The molecule has 0 bridgehead atoms. The van der Waals surface area contributed by atoms with Crippen molar-refractivity contribution in [2.24, 2.45) is 0 Å². The molecule has 0 N–H and O–H groups in total. The lowest BCUT2D eigenvalue weighted by Crippen LogP contribution is -2.38. The molecular weight excluding hydrogens is 448 g/mol. The van der Waals surface area contributed by atoms with E-state index in [-0.39, 0.29) is 11.5 Å². The Hall–Kier alpha value is -2.27. The van der Waals surface area contributed by atoms with Crippen molar-refractivity contribution in [2.45, 2.75) is 20.3 Å². The van der Waals surface area contributed by atoms with E-state index in [0.29, 0.717) is 78.7 Å². The molecule has 0 aromatic carbocycles. The number of ether oxygens (including phenoxy) is 2. The third-order valence-corrected chi connectivity index (χ3v) is 6.70. The molecule has 32 heavy (non-hydrogen) atoms. The van der Waals surface area contributed by atoms with Gasteiger partial charge in [-0.05, 0) is 38.0 Å². The number of anilines is 1. The molecule has 1 amide bonds. The molecule has 0 radical (unpaired) electrons. The fourth-order valence-electron chi connectivity index (χ4n) is 3.68. The Morgan fingerprint density at radius 2 is 2.06 bits per heavy atom. The van der Waals surface area contributed by atoms with Gasteiger partial charge in [0.2, 0.25) is 0 Å². The van der Waals surface area contributed by atoms with Crippen molar-refractivity contribution in [3.63, 3.8) is 0 Å². The molecule has 2 saturated heterocycles. The molecule has 8 nitrogen and oxygen atoms in total. The first kappa shape index (κ1) is 22.9. The standard InChI is InChI=1S/C22H26N4O4S2/c1-3-29-10-4-7-25-21(28)17(32-22(25)31)13-16-19(24-8-11-30-12-9-24)23-18-6-5-15(2)14-26(18)20(16)27/h5-6,13-14H,3-4,7-12H2,1-2H3. The predicted molar refractivity (Wildman–Crippen MR) is 130 cm³/mol.